The Morgan fingerprint density at radius 3 is 2.48 bits per heavy atom. The molecule has 1 unspecified atom stereocenters. The summed E-state index contributed by atoms with van der Waals surface area (Å²) in [5.41, 5.74) is 0. The Labute approximate surface area is 127 Å². The van der Waals surface area contributed by atoms with Gasteiger partial charge in [0.25, 0.3) is 0 Å². The summed E-state index contributed by atoms with van der Waals surface area (Å²) in [5, 5.41) is 0. The lowest BCUT2D eigenvalue weighted by atomic mass is 10.1. The van der Waals surface area contributed by atoms with Crippen LogP contribution in [0.15, 0.2) is 0 Å². The van der Waals surface area contributed by atoms with Crippen LogP contribution in [0.2, 0.25) is 0 Å². The Morgan fingerprint density at radius 2 is 1.86 bits per heavy atom. The summed E-state index contributed by atoms with van der Waals surface area (Å²) >= 11 is 0. The molecule has 1 saturated heterocycles. The highest BCUT2D eigenvalue weighted by molar-refractivity contribution is 5.79. The zero-order chi connectivity index (χ0) is 15.7. The number of esters is 1. The first kappa shape index (κ1) is 18.1. The third-order valence-corrected chi connectivity index (χ3v) is 3.39. The van der Waals surface area contributed by atoms with Crippen molar-refractivity contribution in [2.45, 2.75) is 77.6 Å². The fourth-order valence-electron chi connectivity index (χ4n) is 2.23. The highest BCUT2D eigenvalue weighted by Crippen LogP contribution is 2.22. The van der Waals surface area contributed by atoms with Gasteiger partial charge in [-0.1, -0.05) is 19.8 Å². The molecule has 1 fully saturated rings. The molecule has 0 aliphatic carbocycles. The first-order chi connectivity index (χ1) is 9.93. The molecule has 5 nitrogen and oxygen atoms in total. The van der Waals surface area contributed by atoms with Crippen LogP contribution in [0.1, 0.15) is 65.7 Å². The van der Waals surface area contributed by atoms with E-state index in [9.17, 15) is 9.59 Å². The van der Waals surface area contributed by atoms with Gasteiger partial charge >= 0.3 is 5.97 Å². The van der Waals surface area contributed by atoms with Crippen molar-refractivity contribution >= 4 is 11.8 Å². The third kappa shape index (κ3) is 8.17. The van der Waals surface area contributed by atoms with E-state index in [4.69, 9.17) is 14.2 Å². The molecule has 0 N–H and O–H groups in total. The number of carbonyl (C=O) groups is 2. The molecular weight excluding hydrogens is 272 g/mol. The van der Waals surface area contributed by atoms with E-state index < -0.39 is 5.79 Å². The van der Waals surface area contributed by atoms with Gasteiger partial charge in [-0.05, 0) is 26.7 Å². The molecule has 21 heavy (non-hydrogen) atoms. The van der Waals surface area contributed by atoms with Crippen LogP contribution in [0.25, 0.3) is 0 Å². The van der Waals surface area contributed by atoms with Gasteiger partial charge in [-0.15, -0.1) is 0 Å². The minimum Gasteiger partial charge on any atom is -0.463 e. The standard InChI is InChI=1S/C16H28O5/c1-4-5-6-8-13(17)9-7-10-15(18)19-11-14-12-20-16(2,3)21-14/h14H,4-12H2,1-3H3. The van der Waals surface area contributed by atoms with Gasteiger partial charge in [0.15, 0.2) is 5.79 Å². The van der Waals surface area contributed by atoms with E-state index in [0.29, 0.717) is 25.9 Å². The first-order valence-electron chi connectivity index (χ1n) is 7.92. The predicted octanol–water partition coefficient (Wildman–Crippen LogP) is 3.00. The summed E-state index contributed by atoms with van der Waals surface area (Å²) in [5.74, 6) is -0.627. The quantitative estimate of drug-likeness (QED) is 0.458. The zero-order valence-electron chi connectivity index (χ0n) is 13.5. The molecule has 0 bridgehead atoms. The maximum atomic E-state index is 11.6. The minimum atomic E-state index is -0.595. The number of ether oxygens (including phenoxy) is 3. The maximum absolute atomic E-state index is 11.6. The van der Waals surface area contributed by atoms with Crippen LogP contribution in [-0.4, -0.2) is 36.9 Å². The molecule has 1 rings (SSSR count). The lowest BCUT2D eigenvalue weighted by Gasteiger charge is -2.16. The molecule has 0 aromatic carbocycles. The largest absolute Gasteiger partial charge is 0.463 e. The molecule has 1 atom stereocenters. The summed E-state index contributed by atoms with van der Waals surface area (Å²) in [4.78, 5) is 23.1. The van der Waals surface area contributed by atoms with Gasteiger partial charge in [0, 0.05) is 19.3 Å². The SMILES string of the molecule is CCCCCC(=O)CCCC(=O)OCC1COC(C)(C)O1. The van der Waals surface area contributed by atoms with Crippen molar-refractivity contribution < 1.29 is 23.8 Å². The van der Waals surface area contributed by atoms with E-state index in [0.717, 1.165) is 19.3 Å². The summed E-state index contributed by atoms with van der Waals surface area (Å²) < 4.78 is 16.1. The molecule has 1 aliphatic rings. The highest BCUT2D eigenvalue weighted by atomic mass is 16.7. The average molecular weight is 300 g/mol. The lowest BCUT2D eigenvalue weighted by Crippen LogP contribution is -2.25. The number of Topliss-reactive ketones (excluding diaryl/α,β-unsaturated/α-hetero) is 1. The van der Waals surface area contributed by atoms with Gasteiger partial charge in [-0.2, -0.15) is 0 Å². The number of ketones is 1. The van der Waals surface area contributed by atoms with Gasteiger partial charge in [0.2, 0.25) is 0 Å². The number of rotatable bonds is 10. The fraction of sp³-hybridized carbons (Fsp3) is 0.875. The van der Waals surface area contributed by atoms with Gasteiger partial charge < -0.3 is 14.2 Å². The summed E-state index contributed by atoms with van der Waals surface area (Å²) in [6.07, 6.45) is 4.92. The number of hydrogen-bond donors (Lipinski definition) is 0. The molecule has 0 aromatic rings. The van der Waals surface area contributed by atoms with Gasteiger partial charge in [-0.3, -0.25) is 9.59 Å². The average Bonchev–Trinajstić information content (AvgIpc) is 2.76. The van der Waals surface area contributed by atoms with E-state index in [1.165, 1.54) is 0 Å². The second-order valence-corrected chi connectivity index (χ2v) is 5.98. The van der Waals surface area contributed by atoms with Crippen molar-refractivity contribution in [1.29, 1.82) is 0 Å². The monoisotopic (exact) mass is 300 g/mol. The Kier molecular flexibility index (Phi) is 7.89. The van der Waals surface area contributed by atoms with Crippen LogP contribution >= 0.6 is 0 Å². The summed E-state index contributed by atoms with van der Waals surface area (Å²) in [6, 6.07) is 0. The normalized spacial score (nSPS) is 20.4. The molecule has 1 heterocycles. The second-order valence-electron chi connectivity index (χ2n) is 5.98. The molecule has 0 radical (unpaired) electrons. The molecule has 0 spiro atoms. The number of hydrogen-bond acceptors (Lipinski definition) is 5. The first-order valence-corrected chi connectivity index (χ1v) is 7.92. The third-order valence-electron chi connectivity index (χ3n) is 3.39. The van der Waals surface area contributed by atoms with Gasteiger partial charge in [-0.25, -0.2) is 0 Å². The molecule has 122 valence electrons. The molecule has 0 aromatic heterocycles. The van der Waals surface area contributed by atoms with E-state index in [1.54, 1.807) is 0 Å². The molecular formula is C16H28O5. The van der Waals surface area contributed by atoms with Gasteiger partial charge in [0.1, 0.15) is 18.5 Å². The zero-order valence-corrected chi connectivity index (χ0v) is 13.5. The van der Waals surface area contributed by atoms with Crippen molar-refractivity contribution in [2.24, 2.45) is 0 Å². The second kappa shape index (κ2) is 9.15. The van der Waals surface area contributed by atoms with Crippen molar-refractivity contribution in [3.63, 3.8) is 0 Å². The Balaban J connectivity index is 2.03. The lowest BCUT2D eigenvalue weighted by molar-refractivity contribution is -0.158. The summed E-state index contributed by atoms with van der Waals surface area (Å²) in [7, 11) is 0. The molecule has 5 heteroatoms. The van der Waals surface area contributed by atoms with Crippen LogP contribution in [0.3, 0.4) is 0 Å². The van der Waals surface area contributed by atoms with E-state index in [-0.39, 0.29) is 30.9 Å². The highest BCUT2D eigenvalue weighted by Gasteiger charge is 2.33. The smallest absolute Gasteiger partial charge is 0.305 e. The van der Waals surface area contributed by atoms with Crippen LogP contribution in [0.4, 0.5) is 0 Å². The van der Waals surface area contributed by atoms with Crippen molar-refractivity contribution in [1.82, 2.24) is 0 Å². The Hall–Kier alpha value is -0.940. The molecule has 0 saturated carbocycles. The predicted molar refractivity (Wildman–Crippen MR) is 78.9 cm³/mol. The van der Waals surface area contributed by atoms with E-state index >= 15 is 0 Å². The maximum Gasteiger partial charge on any atom is 0.305 e. The summed E-state index contributed by atoms with van der Waals surface area (Å²) in [6.45, 7) is 6.43. The Morgan fingerprint density at radius 1 is 1.14 bits per heavy atom. The van der Waals surface area contributed by atoms with E-state index in [1.807, 2.05) is 13.8 Å². The van der Waals surface area contributed by atoms with Crippen LogP contribution < -0.4 is 0 Å². The molecule has 0 amide bonds. The van der Waals surface area contributed by atoms with Gasteiger partial charge in [0.05, 0.1) is 6.61 Å². The fourth-order valence-corrected chi connectivity index (χ4v) is 2.23. The van der Waals surface area contributed by atoms with Crippen molar-refractivity contribution in [3.05, 3.63) is 0 Å². The van der Waals surface area contributed by atoms with E-state index in [2.05, 4.69) is 6.92 Å². The van der Waals surface area contributed by atoms with Crippen LogP contribution in [0, 0.1) is 0 Å². The van der Waals surface area contributed by atoms with Crippen molar-refractivity contribution in [3.8, 4) is 0 Å². The Bertz CT molecular complexity index is 338. The van der Waals surface area contributed by atoms with Crippen LogP contribution in [-0.2, 0) is 23.8 Å². The number of unbranched alkanes of at least 4 members (excludes halogenated alkanes) is 2. The van der Waals surface area contributed by atoms with Crippen molar-refractivity contribution in [2.75, 3.05) is 13.2 Å². The number of carbonyl (C=O) groups excluding carboxylic acids is 2. The van der Waals surface area contributed by atoms with Crippen LogP contribution in [0.5, 0.6) is 0 Å². The molecule has 1 aliphatic heterocycles. The minimum absolute atomic E-state index is 0.195. The topological polar surface area (TPSA) is 61.8 Å².